The van der Waals surface area contributed by atoms with Crippen molar-refractivity contribution in [3.05, 3.63) is 59.0 Å². The van der Waals surface area contributed by atoms with Crippen molar-refractivity contribution < 1.29 is 24.2 Å². The lowest BCUT2D eigenvalue weighted by Crippen LogP contribution is -2.27. The van der Waals surface area contributed by atoms with Crippen molar-refractivity contribution in [2.45, 2.75) is 6.42 Å². The number of carbonyl (C=O) groups is 2. The van der Waals surface area contributed by atoms with Crippen LogP contribution in [0.25, 0.3) is 6.08 Å². The number of hydrogen-bond donors (Lipinski definition) is 1. The maximum atomic E-state index is 12.9. The van der Waals surface area contributed by atoms with Crippen molar-refractivity contribution in [3.8, 4) is 11.5 Å². The summed E-state index contributed by atoms with van der Waals surface area (Å²) in [6, 6.07) is 14.3. The number of para-hydroxylation sites is 2. The van der Waals surface area contributed by atoms with E-state index in [1.807, 2.05) is 12.1 Å². The van der Waals surface area contributed by atoms with Gasteiger partial charge < -0.3 is 14.6 Å². The molecule has 2 aromatic rings. The van der Waals surface area contributed by atoms with Crippen molar-refractivity contribution in [2.75, 3.05) is 18.6 Å². The number of rotatable bonds is 7. The molecule has 0 spiro atoms. The highest BCUT2D eigenvalue weighted by Gasteiger charge is 2.34. The Morgan fingerprint density at radius 2 is 1.93 bits per heavy atom. The maximum Gasteiger partial charge on any atom is 0.306 e. The highest BCUT2D eigenvalue weighted by molar-refractivity contribution is 8.27. The molecule has 0 unspecified atom stereocenters. The van der Waals surface area contributed by atoms with Crippen LogP contribution in [-0.2, 0) is 9.59 Å². The van der Waals surface area contributed by atoms with Gasteiger partial charge in [0.05, 0.1) is 30.7 Å². The van der Waals surface area contributed by atoms with E-state index in [0.717, 1.165) is 5.56 Å². The number of thioether (sulfide) groups is 1. The third kappa shape index (κ3) is 4.52. The largest absolute Gasteiger partial charge is 0.495 e. The van der Waals surface area contributed by atoms with Gasteiger partial charge in [0.25, 0.3) is 5.91 Å². The van der Waals surface area contributed by atoms with E-state index >= 15 is 0 Å². The van der Waals surface area contributed by atoms with E-state index in [9.17, 15) is 9.59 Å². The molecule has 0 atom stereocenters. The molecule has 0 aliphatic carbocycles. The first-order valence-corrected chi connectivity index (χ1v) is 9.57. The molecule has 1 aliphatic heterocycles. The van der Waals surface area contributed by atoms with Gasteiger partial charge in [-0.15, -0.1) is 0 Å². The van der Waals surface area contributed by atoms with Crippen LogP contribution in [0.2, 0.25) is 0 Å². The number of amides is 1. The van der Waals surface area contributed by atoms with E-state index in [2.05, 4.69) is 0 Å². The van der Waals surface area contributed by atoms with Crippen LogP contribution in [0, 0.1) is 0 Å². The second kappa shape index (κ2) is 8.90. The lowest BCUT2D eigenvalue weighted by atomic mass is 10.2. The molecule has 0 bridgehead atoms. The first-order valence-electron chi connectivity index (χ1n) is 8.35. The number of hydrogen-bond acceptors (Lipinski definition) is 6. The summed E-state index contributed by atoms with van der Waals surface area (Å²) < 4.78 is 11.1. The smallest absolute Gasteiger partial charge is 0.306 e. The van der Waals surface area contributed by atoms with Gasteiger partial charge in [0.2, 0.25) is 0 Å². The molecular formula is C20H17NO5S2. The lowest BCUT2D eigenvalue weighted by molar-refractivity contribution is -0.137. The van der Waals surface area contributed by atoms with Gasteiger partial charge in [0.1, 0.15) is 11.5 Å². The van der Waals surface area contributed by atoms with Gasteiger partial charge in [-0.3, -0.25) is 14.5 Å². The van der Waals surface area contributed by atoms with E-state index in [4.69, 9.17) is 26.8 Å². The zero-order valence-corrected chi connectivity index (χ0v) is 16.6. The Labute approximate surface area is 171 Å². The van der Waals surface area contributed by atoms with Gasteiger partial charge in [-0.25, -0.2) is 0 Å². The Kier molecular flexibility index (Phi) is 6.33. The Balaban J connectivity index is 1.75. The molecular weight excluding hydrogens is 398 g/mol. The van der Waals surface area contributed by atoms with E-state index < -0.39 is 5.97 Å². The third-order valence-electron chi connectivity index (χ3n) is 3.88. The van der Waals surface area contributed by atoms with Crippen molar-refractivity contribution in [1.29, 1.82) is 0 Å². The van der Waals surface area contributed by atoms with Gasteiger partial charge in [-0.05, 0) is 35.9 Å². The van der Waals surface area contributed by atoms with Gasteiger partial charge >= 0.3 is 5.97 Å². The summed E-state index contributed by atoms with van der Waals surface area (Å²) in [6.45, 7) is 0.103. The van der Waals surface area contributed by atoms with Gasteiger partial charge in [0.15, 0.2) is 4.32 Å². The minimum absolute atomic E-state index is 0.0623. The molecule has 1 heterocycles. The topological polar surface area (TPSA) is 76.1 Å². The molecule has 8 heteroatoms. The number of anilines is 1. The summed E-state index contributed by atoms with van der Waals surface area (Å²) in [4.78, 5) is 25.4. The Bertz CT molecular complexity index is 940. The zero-order chi connectivity index (χ0) is 20.1. The fourth-order valence-corrected chi connectivity index (χ4v) is 3.84. The molecule has 144 valence electrons. The molecule has 0 saturated carbocycles. The van der Waals surface area contributed by atoms with Crippen LogP contribution in [0.15, 0.2) is 53.4 Å². The average molecular weight is 415 g/mol. The van der Waals surface area contributed by atoms with E-state index in [1.54, 1.807) is 49.6 Å². The van der Waals surface area contributed by atoms with Gasteiger partial charge in [0, 0.05) is 0 Å². The van der Waals surface area contributed by atoms with E-state index in [-0.39, 0.29) is 18.9 Å². The third-order valence-corrected chi connectivity index (χ3v) is 5.18. The molecule has 1 saturated heterocycles. The van der Waals surface area contributed by atoms with Crippen LogP contribution in [0.3, 0.4) is 0 Å². The first kappa shape index (κ1) is 19.9. The summed E-state index contributed by atoms with van der Waals surface area (Å²) in [5, 5.41) is 8.63. The monoisotopic (exact) mass is 415 g/mol. The molecule has 1 amide bonds. The quantitative estimate of drug-likeness (QED) is 0.542. The number of carboxylic acids is 1. The molecule has 1 fully saturated rings. The van der Waals surface area contributed by atoms with Crippen LogP contribution in [0.4, 0.5) is 5.69 Å². The second-order valence-corrected chi connectivity index (χ2v) is 7.43. The minimum atomic E-state index is -0.909. The van der Waals surface area contributed by atoms with Crippen LogP contribution < -0.4 is 14.4 Å². The van der Waals surface area contributed by atoms with Gasteiger partial charge in [-0.2, -0.15) is 0 Å². The number of aliphatic carboxylic acids is 1. The van der Waals surface area contributed by atoms with Gasteiger partial charge in [-0.1, -0.05) is 48.2 Å². The summed E-state index contributed by atoms with van der Waals surface area (Å²) in [7, 11) is 1.55. The van der Waals surface area contributed by atoms with Crippen LogP contribution in [0.1, 0.15) is 12.0 Å². The number of thiocarbonyl (C=S) groups is 1. The number of nitrogens with zero attached hydrogens (tertiary/aromatic N) is 1. The predicted octanol–water partition coefficient (Wildman–Crippen LogP) is 3.95. The maximum absolute atomic E-state index is 12.9. The van der Waals surface area contributed by atoms with Crippen molar-refractivity contribution in [2.24, 2.45) is 0 Å². The summed E-state index contributed by atoms with van der Waals surface area (Å²) in [5.41, 5.74) is 1.42. The average Bonchev–Trinajstić information content (AvgIpc) is 2.96. The second-order valence-electron chi connectivity index (χ2n) is 5.75. The number of methoxy groups -OCH3 is 1. The van der Waals surface area contributed by atoms with Crippen LogP contribution >= 0.6 is 24.0 Å². The predicted molar refractivity (Wildman–Crippen MR) is 113 cm³/mol. The highest BCUT2D eigenvalue weighted by atomic mass is 32.2. The number of ether oxygens (including phenoxy) is 2. The summed E-state index contributed by atoms with van der Waals surface area (Å²) in [5.74, 6) is 0.0258. The fourth-order valence-electron chi connectivity index (χ4n) is 2.56. The molecule has 0 aromatic heterocycles. The van der Waals surface area contributed by atoms with E-state index in [0.29, 0.717) is 26.4 Å². The molecule has 2 aromatic carbocycles. The number of benzene rings is 2. The summed E-state index contributed by atoms with van der Waals surface area (Å²) in [6.07, 6.45) is 1.70. The molecule has 1 aliphatic rings. The van der Waals surface area contributed by atoms with Crippen LogP contribution in [0.5, 0.6) is 11.5 Å². The first-order chi connectivity index (χ1) is 13.5. The molecule has 6 nitrogen and oxygen atoms in total. The van der Waals surface area contributed by atoms with Crippen molar-refractivity contribution in [1.82, 2.24) is 0 Å². The zero-order valence-electron chi connectivity index (χ0n) is 15.0. The summed E-state index contributed by atoms with van der Waals surface area (Å²) >= 11 is 6.62. The normalized spacial score (nSPS) is 15.2. The van der Waals surface area contributed by atoms with E-state index in [1.165, 1.54) is 16.7 Å². The molecule has 0 radical (unpaired) electrons. The lowest BCUT2D eigenvalue weighted by Gasteiger charge is -2.17. The standard InChI is InChI=1S/C20H17NO5S2/c1-25-16-5-3-2-4-15(16)21-19(24)17(28-20(21)27)12-13-6-8-14(9-7-13)26-11-10-18(22)23/h2-9,12H,10-11H2,1H3,(H,22,23)/b17-12+. The molecule has 1 N–H and O–H groups in total. The number of carboxylic acid groups (broad SMARTS) is 1. The van der Waals surface area contributed by atoms with Crippen LogP contribution in [-0.4, -0.2) is 35.0 Å². The number of carbonyl (C=O) groups excluding carboxylic acids is 1. The van der Waals surface area contributed by atoms with Crippen molar-refractivity contribution in [3.63, 3.8) is 0 Å². The highest BCUT2D eigenvalue weighted by Crippen LogP contribution is 2.39. The Morgan fingerprint density at radius 3 is 2.61 bits per heavy atom. The van der Waals surface area contributed by atoms with Crippen molar-refractivity contribution >= 4 is 51.9 Å². The Hall–Kier alpha value is -2.84. The Morgan fingerprint density at radius 1 is 1.21 bits per heavy atom. The minimum Gasteiger partial charge on any atom is -0.495 e. The molecule has 28 heavy (non-hydrogen) atoms. The molecule has 3 rings (SSSR count). The fraction of sp³-hybridized carbons (Fsp3) is 0.150. The SMILES string of the molecule is COc1ccccc1N1C(=O)/C(=C\c2ccc(OCCC(=O)O)cc2)SC1=S.